The molecular formula is C56H38N2. The molecule has 58 heavy (non-hydrogen) atoms. The van der Waals surface area contributed by atoms with Crippen LogP contribution in [0.25, 0.3) is 82.4 Å². The number of rotatable bonds is 7. The van der Waals surface area contributed by atoms with Crippen molar-refractivity contribution in [2.24, 2.45) is 0 Å². The molecule has 0 atom stereocenters. The standard InChI is InChI=1S/C56H38N2/c1-3-19-41-37-43(35-33-39(41)17-1)45-21-5-11-27-51(45)57(52-28-12-6-22-46(52)44-36-34-40-18-2-4-20-42(40)38-44)53-29-13-7-23-47(53)48-24-8-14-30-54(48)58-55-31-15-9-25-49(55)50-26-10-16-32-56(50)58/h1-38H. The summed E-state index contributed by atoms with van der Waals surface area (Å²) in [5.74, 6) is 0. The second-order valence-corrected chi connectivity index (χ2v) is 14.9. The van der Waals surface area contributed by atoms with E-state index in [0.29, 0.717) is 0 Å². The topological polar surface area (TPSA) is 8.17 Å². The van der Waals surface area contributed by atoms with Gasteiger partial charge < -0.3 is 9.47 Å². The molecule has 0 N–H and O–H groups in total. The van der Waals surface area contributed by atoms with Gasteiger partial charge in [0.2, 0.25) is 0 Å². The SMILES string of the molecule is c1ccc(N(c2ccccc2-c2ccc3ccccc3c2)c2ccccc2-c2ccccc2-n2c3ccccc3c3ccccc32)c(-c2ccc3ccccc3c2)c1. The number of hydrogen-bond donors (Lipinski definition) is 0. The summed E-state index contributed by atoms with van der Waals surface area (Å²) in [7, 11) is 0. The van der Waals surface area contributed by atoms with E-state index in [9.17, 15) is 0 Å². The number of para-hydroxylation sites is 6. The van der Waals surface area contributed by atoms with Crippen LogP contribution in [0.15, 0.2) is 231 Å². The molecule has 0 bridgehead atoms. The number of fused-ring (bicyclic) bond motifs is 5. The van der Waals surface area contributed by atoms with E-state index in [2.05, 4.69) is 240 Å². The first kappa shape index (κ1) is 33.6. The molecule has 11 aromatic rings. The molecule has 10 aromatic carbocycles. The third-order valence-corrected chi connectivity index (χ3v) is 11.6. The average molecular weight is 739 g/mol. The van der Waals surface area contributed by atoms with Gasteiger partial charge in [0.15, 0.2) is 0 Å². The lowest BCUT2D eigenvalue weighted by Crippen LogP contribution is -2.14. The van der Waals surface area contributed by atoms with Crippen LogP contribution in [0, 0.1) is 0 Å². The smallest absolute Gasteiger partial charge is 0.0541 e. The van der Waals surface area contributed by atoms with Crippen LogP contribution < -0.4 is 4.90 Å². The molecule has 11 rings (SSSR count). The van der Waals surface area contributed by atoms with Crippen molar-refractivity contribution in [3.8, 4) is 39.1 Å². The first-order valence-electron chi connectivity index (χ1n) is 19.9. The Labute approximate surface area is 338 Å². The summed E-state index contributed by atoms with van der Waals surface area (Å²) in [4.78, 5) is 2.49. The number of aromatic nitrogens is 1. The molecule has 0 aliphatic rings. The Balaban J connectivity index is 1.19. The third kappa shape index (κ3) is 5.66. The maximum Gasteiger partial charge on any atom is 0.0541 e. The van der Waals surface area contributed by atoms with Crippen LogP contribution in [0.1, 0.15) is 0 Å². The van der Waals surface area contributed by atoms with Crippen LogP contribution in [0.3, 0.4) is 0 Å². The molecule has 1 heterocycles. The highest BCUT2D eigenvalue weighted by molar-refractivity contribution is 6.10. The van der Waals surface area contributed by atoms with Crippen LogP contribution in [0.2, 0.25) is 0 Å². The predicted octanol–water partition coefficient (Wildman–Crippen LogP) is 15.6. The molecule has 0 radical (unpaired) electrons. The molecule has 2 nitrogen and oxygen atoms in total. The van der Waals surface area contributed by atoms with Crippen molar-refractivity contribution in [1.82, 2.24) is 4.57 Å². The van der Waals surface area contributed by atoms with Crippen molar-refractivity contribution in [2.75, 3.05) is 4.90 Å². The normalized spacial score (nSPS) is 11.4. The molecule has 0 saturated carbocycles. The van der Waals surface area contributed by atoms with Crippen molar-refractivity contribution in [3.63, 3.8) is 0 Å². The third-order valence-electron chi connectivity index (χ3n) is 11.6. The molecule has 0 aliphatic heterocycles. The summed E-state index contributed by atoms with van der Waals surface area (Å²) in [6.45, 7) is 0. The highest BCUT2D eigenvalue weighted by atomic mass is 15.2. The molecule has 0 spiro atoms. The molecule has 0 unspecified atom stereocenters. The van der Waals surface area contributed by atoms with Gasteiger partial charge in [-0.2, -0.15) is 0 Å². The quantitative estimate of drug-likeness (QED) is 0.158. The second-order valence-electron chi connectivity index (χ2n) is 14.9. The first-order valence-corrected chi connectivity index (χ1v) is 19.9. The maximum atomic E-state index is 2.49. The number of hydrogen-bond acceptors (Lipinski definition) is 1. The van der Waals surface area contributed by atoms with E-state index in [1.54, 1.807) is 0 Å². The van der Waals surface area contributed by atoms with Gasteiger partial charge in [-0.3, -0.25) is 0 Å². The minimum atomic E-state index is 1.09. The van der Waals surface area contributed by atoms with Gasteiger partial charge in [-0.05, 0) is 81.2 Å². The highest BCUT2D eigenvalue weighted by Crippen LogP contribution is 2.49. The van der Waals surface area contributed by atoms with Crippen molar-refractivity contribution in [1.29, 1.82) is 0 Å². The van der Waals surface area contributed by atoms with Crippen molar-refractivity contribution < 1.29 is 0 Å². The second kappa shape index (κ2) is 14.1. The van der Waals surface area contributed by atoms with Crippen molar-refractivity contribution in [3.05, 3.63) is 231 Å². The summed E-state index contributed by atoms with van der Waals surface area (Å²) in [5, 5.41) is 7.40. The van der Waals surface area contributed by atoms with Crippen LogP contribution in [0.5, 0.6) is 0 Å². The zero-order valence-corrected chi connectivity index (χ0v) is 31.8. The van der Waals surface area contributed by atoms with E-state index in [-0.39, 0.29) is 0 Å². The van der Waals surface area contributed by atoms with Crippen molar-refractivity contribution in [2.45, 2.75) is 0 Å². The van der Waals surface area contributed by atoms with E-state index in [0.717, 1.165) is 45.0 Å². The van der Waals surface area contributed by atoms with Gasteiger partial charge in [-0.1, -0.05) is 182 Å². The highest BCUT2D eigenvalue weighted by Gasteiger charge is 2.25. The van der Waals surface area contributed by atoms with Crippen LogP contribution in [-0.4, -0.2) is 4.57 Å². The fraction of sp³-hybridized carbons (Fsp3) is 0. The molecule has 0 aliphatic carbocycles. The first-order chi connectivity index (χ1) is 28.8. The monoisotopic (exact) mass is 738 g/mol. The Hall–Kier alpha value is -7.68. The summed E-state index contributed by atoms with van der Waals surface area (Å²) in [6.07, 6.45) is 0. The molecule has 2 heteroatoms. The molecule has 0 fully saturated rings. The van der Waals surface area contributed by atoms with Gasteiger partial charge in [0.05, 0.1) is 33.8 Å². The fourth-order valence-electron chi connectivity index (χ4n) is 8.90. The van der Waals surface area contributed by atoms with Gasteiger partial charge in [-0.15, -0.1) is 0 Å². The van der Waals surface area contributed by atoms with Gasteiger partial charge in [0.25, 0.3) is 0 Å². The number of anilines is 3. The van der Waals surface area contributed by atoms with E-state index in [1.165, 1.54) is 54.5 Å². The minimum absolute atomic E-state index is 1.09. The largest absolute Gasteiger partial charge is 0.309 e. The van der Waals surface area contributed by atoms with E-state index in [1.807, 2.05) is 0 Å². The minimum Gasteiger partial charge on any atom is -0.309 e. The van der Waals surface area contributed by atoms with E-state index >= 15 is 0 Å². The summed E-state index contributed by atoms with van der Waals surface area (Å²) >= 11 is 0. The Kier molecular flexibility index (Phi) is 8.19. The molecular weight excluding hydrogens is 701 g/mol. The van der Waals surface area contributed by atoms with Crippen molar-refractivity contribution >= 4 is 60.4 Å². The molecule has 0 amide bonds. The van der Waals surface area contributed by atoms with Gasteiger partial charge in [0.1, 0.15) is 0 Å². The summed E-state index contributed by atoms with van der Waals surface area (Å²) in [6, 6.07) is 83.9. The fourth-order valence-corrected chi connectivity index (χ4v) is 8.90. The maximum absolute atomic E-state index is 2.49. The van der Waals surface area contributed by atoms with Crippen LogP contribution in [-0.2, 0) is 0 Å². The van der Waals surface area contributed by atoms with Gasteiger partial charge >= 0.3 is 0 Å². The zero-order valence-electron chi connectivity index (χ0n) is 31.8. The lowest BCUT2D eigenvalue weighted by Gasteiger charge is -2.32. The van der Waals surface area contributed by atoms with Gasteiger partial charge in [0, 0.05) is 33.0 Å². The molecule has 1 aromatic heterocycles. The Bertz CT molecular complexity index is 3140. The lowest BCUT2D eigenvalue weighted by atomic mass is 9.94. The summed E-state index contributed by atoms with van der Waals surface area (Å²) < 4.78 is 2.44. The molecule has 272 valence electrons. The summed E-state index contributed by atoms with van der Waals surface area (Å²) in [5.41, 5.74) is 13.8. The Morgan fingerprint density at radius 2 is 0.655 bits per heavy atom. The number of nitrogens with zero attached hydrogens (tertiary/aromatic N) is 2. The predicted molar refractivity (Wildman–Crippen MR) is 247 cm³/mol. The Morgan fingerprint density at radius 3 is 1.19 bits per heavy atom. The zero-order chi connectivity index (χ0) is 38.4. The van der Waals surface area contributed by atoms with E-state index < -0.39 is 0 Å². The van der Waals surface area contributed by atoms with E-state index in [4.69, 9.17) is 0 Å². The Morgan fingerprint density at radius 1 is 0.276 bits per heavy atom. The van der Waals surface area contributed by atoms with Crippen LogP contribution in [0.4, 0.5) is 17.1 Å². The average Bonchev–Trinajstić information content (AvgIpc) is 3.63. The lowest BCUT2D eigenvalue weighted by molar-refractivity contribution is 1.18. The van der Waals surface area contributed by atoms with Crippen LogP contribution >= 0.6 is 0 Å². The van der Waals surface area contributed by atoms with Gasteiger partial charge in [-0.25, -0.2) is 0 Å². The number of benzene rings is 10. The molecule has 0 saturated heterocycles.